The Kier molecular flexibility index (Phi) is 4.12. The molecule has 0 saturated heterocycles. The van der Waals surface area contributed by atoms with Gasteiger partial charge >= 0.3 is 5.97 Å². The van der Waals surface area contributed by atoms with Gasteiger partial charge in [0.15, 0.2) is 0 Å². The zero-order chi connectivity index (χ0) is 13.8. The molecule has 0 heterocycles. The lowest BCUT2D eigenvalue weighted by Gasteiger charge is -2.05. The van der Waals surface area contributed by atoms with Crippen LogP contribution in [0, 0.1) is 20.7 Å². The summed E-state index contributed by atoms with van der Waals surface area (Å²) >= 11 is 2.12. The number of rotatable bonds is 2. The first-order valence-electron chi connectivity index (χ1n) is 5.27. The molecule has 3 nitrogen and oxygen atoms in total. The minimum atomic E-state index is -0.713. The van der Waals surface area contributed by atoms with Crippen LogP contribution >= 0.6 is 22.6 Å². The van der Waals surface area contributed by atoms with Crippen molar-refractivity contribution < 1.29 is 13.9 Å². The number of carbonyl (C=O) groups excluding carboxylic acids is 1. The van der Waals surface area contributed by atoms with Gasteiger partial charge in [0.2, 0.25) is 0 Å². The first-order valence-corrected chi connectivity index (χ1v) is 6.35. The van der Waals surface area contributed by atoms with E-state index in [1.807, 2.05) is 0 Å². The minimum absolute atomic E-state index is 0.0695. The van der Waals surface area contributed by atoms with Crippen molar-refractivity contribution in [2.24, 2.45) is 0 Å². The van der Waals surface area contributed by atoms with E-state index in [9.17, 15) is 9.18 Å². The fourth-order valence-electron chi connectivity index (χ4n) is 1.40. The van der Waals surface area contributed by atoms with Crippen molar-refractivity contribution in [3.63, 3.8) is 0 Å². The summed E-state index contributed by atoms with van der Waals surface area (Å²) in [5, 5.41) is 8.60. The highest BCUT2D eigenvalue weighted by molar-refractivity contribution is 14.1. The van der Waals surface area contributed by atoms with Gasteiger partial charge in [0, 0.05) is 9.64 Å². The van der Waals surface area contributed by atoms with Gasteiger partial charge in [0.25, 0.3) is 0 Å². The van der Waals surface area contributed by atoms with Gasteiger partial charge in [-0.25, -0.2) is 9.18 Å². The van der Waals surface area contributed by atoms with Crippen molar-refractivity contribution >= 4 is 28.6 Å². The summed E-state index contributed by atoms with van der Waals surface area (Å²) in [6.07, 6.45) is 0. The molecule has 0 aliphatic heterocycles. The quantitative estimate of drug-likeness (QED) is 0.464. The van der Waals surface area contributed by atoms with Crippen molar-refractivity contribution in [2.45, 2.75) is 0 Å². The van der Waals surface area contributed by atoms with E-state index in [-0.39, 0.29) is 11.3 Å². The van der Waals surface area contributed by atoms with E-state index in [1.54, 1.807) is 30.3 Å². The smallest absolute Gasteiger partial charge is 0.343 e. The molecule has 0 unspecified atom stereocenters. The van der Waals surface area contributed by atoms with Gasteiger partial charge in [-0.05, 0) is 59.0 Å². The second kappa shape index (κ2) is 5.80. The lowest BCUT2D eigenvalue weighted by Crippen LogP contribution is -2.08. The largest absolute Gasteiger partial charge is 0.423 e. The summed E-state index contributed by atoms with van der Waals surface area (Å²) in [6.45, 7) is 0. The van der Waals surface area contributed by atoms with Crippen molar-refractivity contribution in [1.82, 2.24) is 0 Å². The summed E-state index contributed by atoms with van der Waals surface area (Å²) in [6, 6.07) is 12.2. The second-order valence-corrected chi connectivity index (χ2v) is 4.90. The molecule has 2 aromatic carbocycles. The van der Waals surface area contributed by atoms with Crippen LogP contribution in [-0.4, -0.2) is 5.97 Å². The SMILES string of the molecule is N#Cc1ccc(OC(=O)c2ccc(I)cc2)cc1F. The molecule has 0 aromatic heterocycles. The van der Waals surface area contributed by atoms with E-state index in [0.717, 1.165) is 9.64 Å². The second-order valence-electron chi connectivity index (χ2n) is 3.65. The number of nitriles is 1. The topological polar surface area (TPSA) is 50.1 Å². The average molecular weight is 367 g/mol. The number of benzene rings is 2. The van der Waals surface area contributed by atoms with Crippen molar-refractivity contribution in [2.75, 3.05) is 0 Å². The van der Waals surface area contributed by atoms with Crippen LogP contribution in [0.4, 0.5) is 4.39 Å². The van der Waals surface area contributed by atoms with E-state index in [2.05, 4.69) is 22.6 Å². The maximum absolute atomic E-state index is 13.3. The number of hydrogen-bond donors (Lipinski definition) is 0. The third kappa shape index (κ3) is 3.29. The Bertz CT molecular complexity index is 662. The number of ether oxygens (including phenoxy) is 1. The summed E-state index contributed by atoms with van der Waals surface area (Å²) in [7, 11) is 0. The van der Waals surface area contributed by atoms with Gasteiger partial charge in [-0.2, -0.15) is 5.26 Å². The highest BCUT2D eigenvalue weighted by atomic mass is 127. The van der Waals surface area contributed by atoms with Crippen LogP contribution < -0.4 is 4.74 Å². The van der Waals surface area contributed by atoms with Crippen LogP contribution in [0.15, 0.2) is 42.5 Å². The number of nitrogens with zero attached hydrogens (tertiary/aromatic N) is 1. The van der Waals surface area contributed by atoms with Crippen LogP contribution in [0.3, 0.4) is 0 Å². The monoisotopic (exact) mass is 367 g/mol. The number of hydrogen-bond acceptors (Lipinski definition) is 3. The molecule has 2 rings (SSSR count). The normalized spacial score (nSPS) is 9.74. The highest BCUT2D eigenvalue weighted by Gasteiger charge is 2.10. The summed E-state index contributed by atoms with van der Waals surface area (Å²) in [5.41, 5.74) is 0.291. The molecule has 0 aliphatic carbocycles. The molecule has 0 amide bonds. The van der Waals surface area contributed by atoms with E-state index >= 15 is 0 Å². The van der Waals surface area contributed by atoms with Gasteiger partial charge in [0.05, 0.1) is 11.1 Å². The fourth-order valence-corrected chi connectivity index (χ4v) is 1.76. The molecule has 0 aliphatic rings. The fraction of sp³-hybridized carbons (Fsp3) is 0. The molecule has 0 bridgehead atoms. The van der Waals surface area contributed by atoms with E-state index in [4.69, 9.17) is 10.00 Å². The van der Waals surface area contributed by atoms with E-state index in [1.165, 1.54) is 12.1 Å². The Labute approximate surface area is 122 Å². The van der Waals surface area contributed by atoms with Crippen LogP contribution in [-0.2, 0) is 0 Å². The van der Waals surface area contributed by atoms with E-state index < -0.39 is 11.8 Å². The molecule has 5 heteroatoms. The molecule has 0 atom stereocenters. The molecular formula is C14H7FINO2. The zero-order valence-electron chi connectivity index (χ0n) is 9.56. The number of carbonyl (C=O) groups is 1. The predicted molar refractivity (Wildman–Crippen MR) is 75.2 cm³/mol. The Morgan fingerprint density at radius 2 is 1.89 bits per heavy atom. The van der Waals surface area contributed by atoms with Gasteiger partial charge in [-0.15, -0.1) is 0 Å². The highest BCUT2D eigenvalue weighted by Crippen LogP contribution is 2.17. The Morgan fingerprint density at radius 1 is 1.21 bits per heavy atom. The van der Waals surface area contributed by atoms with Gasteiger partial charge in [-0.1, -0.05) is 0 Å². The Balaban J connectivity index is 2.17. The van der Waals surface area contributed by atoms with Crippen LogP contribution in [0.1, 0.15) is 15.9 Å². The zero-order valence-corrected chi connectivity index (χ0v) is 11.7. The third-order valence-corrected chi connectivity index (χ3v) is 3.07. The molecule has 19 heavy (non-hydrogen) atoms. The summed E-state index contributed by atoms with van der Waals surface area (Å²) < 4.78 is 19.4. The average Bonchev–Trinajstić information content (AvgIpc) is 2.39. The van der Waals surface area contributed by atoms with Crippen LogP contribution in [0.2, 0.25) is 0 Å². The molecule has 0 spiro atoms. The first kappa shape index (κ1) is 13.5. The lowest BCUT2D eigenvalue weighted by molar-refractivity contribution is 0.0734. The maximum Gasteiger partial charge on any atom is 0.343 e. The third-order valence-electron chi connectivity index (χ3n) is 2.35. The Morgan fingerprint density at radius 3 is 2.47 bits per heavy atom. The van der Waals surface area contributed by atoms with Gasteiger partial charge in [0.1, 0.15) is 17.6 Å². The van der Waals surface area contributed by atoms with Gasteiger partial charge in [-0.3, -0.25) is 0 Å². The molecule has 0 fully saturated rings. The van der Waals surface area contributed by atoms with Crippen molar-refractivity contribution in [3.05, 3.63) is 63.0 Å². The predicted octanol–water partition coefficient (Wildman–Crippen LogP) is 3.52. The molecule has 2 aromatic rings. The van der Waals surface area contributed by atoms with Crippen LogP contribution in [0.25, 0.3) is 0 Å². The van der Waals surface area contributed by atoms with Gasteiger partial charge < -0.3 is 4.74 Å². The molecule has 0 N–H and O–H groups in total. The van der Waals surface area contributed by atoms with E-state index in [0.29, 0.717) is 5.56 Å². The number of esters is 1. The molecule has 0 radical (unpaired) electrons. The summed E-state index contributed by atoms with van der Waals surface area (Å²) in [4.78, 5) is 11.8. The molecule has 94 valence electrons. The number of halogens is 2. The molecule has 0 saturated carbocycles. The minimum Gasteiger partial charge on any atom is -0.423 e. The van der Waals surface area contributed by atoms with Crippen LogP contribution in [0.5, 0.6) is 5.75 Å². The maximum atomic E-state index is 13.3. The summed E-state index contributed by atoms with van der Waals surface area (Å²) in [5.74, 6) is -1.21. The standard InChI is InChI=1S/C14H7FINO2/c15-13-7-12(6-3-10(13)8-17)19-14(18)9-1-4-11(16)5-2-9/h1-7H. The molecular weight excluding hydrogens is 360 g/mol. The van der Waals surface area contributed by atoms with Crippen molar-refractivity contribution in [1.29, 1.82) is 5.26 Å². The Hall–Kier alpha value is -1.94. The van der Waals surface area contributed by atoms with Crippen molar-refractivity contribution in [3.8, 4) is 11.8 Å². The first-order chi connectivity index (χ1) is 9.10. The lowest BCUT2D eigenvalue weighted by atomic mass is 10.2.